The average Bonchev–Trinajstić information content (AvgIpc) is 3.53. The van der Waals surface area contributed by atoms with Crippen molar-refractivity contribution in [3.05, 3.63) is 143 Å². The van der Waals surface area contributed by atoms with E-state index in [1.54, 1.807) is 11.3 Å². The molecule has 5 nitrogen and oxygen atoms in total. The van der Waals surface area contributed by atoms with Crippen molar-refractivity contribution >= 4 is 80.0 Å². The summed E-state index contributed by atoms with van der Waals surface area (Å²) >= 11 is 6.67. The van der Waals surface area contributed by atoms with E-state index in [-0.39, 0.29) is 34.6 Å². The standard InChI is InChI=1S/C39H30N2O3S2.Na.H/c42-38(45)22-21-37-39(29-13-19-33(20-14-29)44-24-31-16-10-28-6-2-4-8-36(28)41-31)34(25-46-37)26-11-17-32(18-12-26)43-23-30-15-9-27-5-1-3-7-35(27)40-30;;/h1-20,25H,21-24H2,(H,42,45);;. The van der Waals surface area contributed by atoms with Gasteiger partial charge < -0.3 is 14.6 Å². The number of aliphatic hydroxyl groups excluding tert-OH is 1. The zero-order chi connectivity index (χ0) is 31.3. The van der Waals surface area contributed by atoms with Gasteiger partial charge in [0, 0.05) is 33.2 Å². The number of pyridine rings is 2. The van der Waals surface area contributed by atoms with Crippen molar-refractivity contribution in [2.24, 2.45) is 0 Å². The first-order valence-electron chi connectivity index (χ1n) is 15.1. The van der Waals surface area contributed by atoms with E-state index in [2.05, 4.69) is 53.9 Å². The monoisotopic (exact) mass is 662 g/mol. The SMILES string of the molecule is OC(=S)CCc1scc(-c2ccc(OCc3ccc4ccccc4n3)cc2)c1-c1ccc(OCc2ccc3ccccc3n2)cc1.[NaH]. The summed E-state index contributed by atoms with van der Waals surface area (Å²) in [6.07, 6.45) is 1.11. The number of ether oxygens (including phenoxy) is 2. The van der Waals surface area contributed by atoms with Crippen LogP contribution >= 0.6 is 23.6 Å². The first-order valence-corrected chi connectivity index (χ1v) is 16.4. The molecule has 228 valence electrons. The minimum atomic E-state index is 0. The van der Waals surface area contributed by atoms with E-state index in [0.717, 1.165) is 66.9 Å². The Bertz CT molecular complexity index is 2150. The van der Waals surface area contributed by atoms with Crippen LogP contribution in [0.4, 0.5) is 0 Å². The van der Waals surface area contributed by atoms with Gasteiger partial charge in [0.2, 0.25) is 0 Å². The number of thiophene rings is 1. The zero-order valence-electron chi connectivity index (χ0n) is 24.9. The molecule has 0 atom stereocenters. The van der Waals surface area contributed by atoms with Crippen molar-refractivity contribution in [1.82, 2.24) is 9.97 Å². The fourth-order valence-corrected chi connectivity index (χ4v) is 6.65. The molecule has 7 rings (SSSR count). The van der Waals surface area contributed by atoms with Gasteiger partial charge in [-0.1, -0.05) is 72.8 Å². The molecule has 7 aromatic rings. The predicted molar refractivity (Wildman–Crippen MR) is 198 cm³/mol. The predicted octanol–water partition coefficient (Wildman–Crippen LogP) is 9.51. The molecule has 0 unspecified atom stereocenters. The number of hydrogen-bond donors (Lipinski definition) is 1. The molecule has 4 aromatic carbocycles. The number of benzene rings is 4. The van der Waals surface area contributed by atoms with Crippen LogP contribution in [-0.2, 0) is 19.6 Å². The molecule has 0 fully saturated rings. The van der Waals surface area contributed by atoms with Crippen LogP contribution in [0.25, 0.3) is 44.1 Å². The average molecular weight is 663 g/mol. The Kier molecular flexibility index (Phi) is 10.6. The van der Waals surface area contributed by atoms with E-state index in [9.17, 15) is 5.11 Å². The number of rotatable bonds is 11. The summed E-state index contributed by atoms with van der Waals surface area (Å²) in [5, 5.41) is 14.2. The Labute approximate surface area is 305 Å². The Morgan fingerprint density at radius 1 is 0.638 bits per heavy atom. The summed E-state index contributed by atoms with van der Waals surface area (Å²) in [4.78, 5) is 10.6. The molecule has 3 aromatic heterocycles. The van der Waals surface area contributed by atoms with Crippen LogP contribution in [0.5, 0.6) is 11.5 Å². The van der Waals surface area contributed by atoms with Crippen molar-refractivity contribution in [2.75, 3.05) is 0 Å². The first-order chi connectivity index (χ1) is 22.6. The molecule has 0 aliphatic rings. The Morgan fingerprint density at radius 3 is 1.68 bits per heavy atom. The van der Waals surface area contributed by atoms with Crippen molar-refractivity contribution in [3.8, 4) is 33.8 Å². The van der Waals surface area contributed by atoms with Crippen LogP contribution in [0.3, 0.4) is 0 Å². The number of aliphatic hydroxyl groups is 1. The van der Waals surface area contributed by atoms with Gasteiger partial charge in [0.1, 0.15) is 24.7 Å². The van der Waals surface area contributed by atoms with Gasteiger partial charge in [-0.25, -0.2) is 9.97 Å². The molecule has 0 amide bonds. The molecule has 0 saturated heterocycles. The first kappa shape index (κ1) is 32.8. The summed E-state index contributed by atoms with van der Waals surface area (Å²) in [5.74, 6) is 1.56. The number of fused-ring (bicyclic) bond motifs is 2. The van der Waals surface area contributed by atoms with Crippen molar-refractivity contribution < 1.29 is 14.6 Å². The van der Waals surface area contributed by atoms with E-state index in [1.807, 2.05) is 72.8 Å². The number of aryl methyl sites for hydroxylation is 1. The Morgan fingerprint density at radius 2 is 1.15 bits per heavy atom. The van der Waals surface area contributed by atoms with Gasteiger partial charge in [-0.15, -0.1) is 11.3 Å². The van der Waals surface area contributed by atoms with Gasteiger partial charge in [0.15, 0.2) is 5.05 Å². The van der Waals surface area contributed by atoms with Gasteiger partial charge in [0.05, 0.1) is 22.4 Å². The van der Waals surface area contributed by atoms with E-state index in [1.165, 1.54) is 4.88 Å². The van der Waals surface area contributed by atoms with E-state index < -0.39 is 0 Å². The molecule has 0 spiro atoms. The Hall–Kier alpha value is -4.11. The van der Waals surface area contributed by atoms with Crippen LogP contribution in [0, 0.1) is 0 Å². The summed E-state index contributed by atoms with van der Waals surface area (Å²) in [6, 6.07) is 40.6. The number of nitrogens with zero attached hydrogens (tertiary/aromatic N) is 2. The maximum atomic E-state index is 9.76. The van der Waals surface area contributed by atoms with Crippen LogP contribution in [0.1, 0.15) is 22.7 Å². The molecule has 0 saturated carbocycles. The number of thiocarbonyl (C=S) groups is 1. The van der Waals surface area contributed by atoms with Gasteiger partial charge in [-0.3, -0.25) is 0 Å². The molecule has 1 N–H and O–H groups in total. The van der Waals surface area contributed by atoms with Gasteiger partial charge >= 0.3 is 29.6 Å². The Balaban J connectivity index is 0.00000386. The number of para-hydroxylation sites is 2. The maximum absolute atomic E-state index is 9.76. The number of aromatic nitrogens is 2. The number of hydrogen-bond acceptors (Lipinski definition) is 6. The second kappa shape index (κ2) is 15.2. The summed E-state index contributed by atoms with van der Waals surface area (Å²) in [7, 11) is 0. The van der Waals surface area contributed by atoms with E-state index in [0.29, 0.717) is 26.1 Å². The topological polar surface area (TPSA) is 64.5 Å². The third-order valence-corrected chi connectivity index (χ3v) is 9.08. The molecule has 8 heteroatoms. The van der Waals surface area contributed by atoms with Crippen LogP contribution in [0.15, 0.2) is 127 Å². The molecule has 0 aliphatic heterocycles. The third-order valence-electron chi connectivity index (χ3n) is 7.83. The van der Waals surface area contributed by atoms with Crippen LogP contribution in [0.2, 0.25) is 0 Å². The zero-order valence-corrected chi connectivity index (χ0v) is 26.6. The fourth-order valence-electron chi connectivity index (χ4n) is 5.47. The van der Waals surface area contributed by atoms with Crippen LogP contribution in [-0.4, -0.2) is 49.7 Å². The second-order valence-electron chi connectivity index (χ2n) is 11.0. The molecular weight excluding hydrogens is 632 g/mol. The third kappa shape index (κ3) is 7.89. The second-order valence-corrected chi connectivity index (χ2v) is 12.4. The van der Waals surface area contributed by atoms with Gasteiger partial charge in [-0.05, 0) is 83.7 Å². The molecule has 0 bridgehead atoms. The minimum absolute atomic E-state index is 0. The summed E-state index contributed by atoms with van der Waals surface area (Å²) in [6.45, 7) is 0.781. The molecule has 0 aliphatic carbocycles. The van der Waals surface area contributed by atoms with Crippen molar-refractivity contribution in [1.29, 1.82) is 0 Å². The van der Waals surface area contributed by atoms with E-state index >= 15 is 0 Å². The molecule has 0 radical (unpaired) electrons. The van der Waals surface area contributed by atoms with Crippen LogP contribution < -0.4 is 9.47 Å². The van der Waals surface area contributed by atoms with Gasteiger partial charge in [-0.2, -0.15) is 0 Å². The summed E-state index contributed by atoms with van der Waals surface area (Å²) in [5.41, 5.74) is 8.11. The van der Waals surface area contributed by atoms with E-state index in [4.69, 9.17) is 31.7 Å². The van der Waals surface area contributed by atoms with Crippen molar-refractivity contribution in [2.45, 2.75) is 26.1 Å². The van der Waals surface area contributed by atoms with Gasteiger partial charge in [0.25, 0.3) is 0 Å². The summed E-state index contributed by atoms with van der Waals surface area (Å²) < 4.78 is 12.2. The quantitative estimate of drug-likeness (QED) is 0.110. The molecular formula is C39H31N2NaO3S2. The normalized spacial score (nSPS) is 10.9. The molecule has 3 heterocycles. The fraction of sp³-hybridized carbons (Fsp3) is 0.103. The molecule has 47 heavy (non-hydrogen) atoms. The van der Waals surface area contributed by atoms with Crippen molar-refractivity contribution in [3.63, 3.8) is 0 Å².